The normalized spacial score (nSPS) is 56.6. The van der Waals surface area contributed by atoms with E-state index in [1.807, 2.05) is 0 Å². The Balaban J connectivity index is 1.75. The molecule has 8 unspecified atom stereocenters. The van der Waals surface area contributed by atoms with Crippen molar-refractivity contribution in [2.45, 2.75) is 92.3 Å². The molecule has 0 amide bonds. The Morgan fingerprint density at radius 1 is 0.600 bits per heavy atom. The van der Waals surface area contributed by atoms with Crippen molar-refractivity contribution < 1.29 is 10.2 Å². The molecule has 4 saturated carbocycles. The van der Waals surface area contributed by atoms with Crippen LogP contribution in [-0.2, 0) is 0 Å². The number of hydrogen-bond donors (Lipinski definition) is 2. The van der Waals surface area contributed by atoms with Crippen LogP contribution < -0.4 is 0 Å². The van der Waals surface area contributed by atoms with Crippen molar-refractivity contribution >= 4 is 0 Å². The van der Waals surface area contributed by atoms with Crippen LogP contribution in [0.2, 0.25) is 0 Å². The molecule has 0 radical (unpaired) electrons. The Kier molecular flexibility index (Phi) is 4.00. The van der Waals surface area contributed by atoms with Gasteiger partial charge in [0.25, 0.3) is 0 Å². The summed E-state index contributed by atoms with van der Waals surface area (Å²) in [4.78, 5) is 0. The number of hydrogen-bond acceptors (Lipinski definition) is 2. The van der Waals surface area contributed by atoms with E-state index >= 15 is 0 Å². The van der Waals surface area contributed by atoms with Crippen molar-refractivity contribution in [3.63, 3.8) is 0 Å². The van der Waals surface area contributed by atoms with Crippen molar-refractivity contribution in [3.8, 4) is 0 Å². The molecule has 1 spiro atoms. The lowest BCUT2D eigenvalue weighted by Gasteiger charge is -2.48. The average molecular weight is 349 g/mol. The van der Waals surface area contributed by atoms with Crippen LogP contribution in [0.1, 0.15) is 80.1 Å². The highest BCUT2D eigenvalue weighted by atomic mass is 16.3. The van der Waals surface area contributed by atoms with E-state index in [9.17, 15) is 10.2 Å². The summed E-state index contributed by atoms with van der Waals surface area (Å²) >= 11 is 0. The van der Waals surface area contributed by atoms with E-state index in [1.165, 1.54) is 25.7 Å². The Morgan fingerprint density at radius 3 is 1.32 bits per heavy atom. The average Bonchev–Trinajstić information content (AvgIpc) is 2.82. The van der Waals surface area contributed by atoms with E-state index in [1.54, 1.807) is 0 Å². The third-order valence-electron chi connectivity index (χ3n) is 9.58. The first-order valence-corrected chi connectivity index (χ1v) is 10.8. The van der Waals surface area contributed by atoms with Gasteiger partial charge in [-0.05, 0) is 90.3 Å². The zero-order valence-electron chi connectivity index (χ0n) is 17.3. The van der Waals surface area contributed by atoms with Crippen LogP contribution in [0.3, 0.4) is 0 Å². The minimum Gasteiger partial charge on any atom is -0.393 e. The number of aliphatic hydroxyl groups excluding tert-OH is 2. The van der Waals surface area contributed by atoms with Crippen LogP contribution in [0.5, 0.6) is 0 Å². The molecule has 0 heterocycles. The Bertz CT molecular complexity index is 488. The SMILES string of the molecule is CC1CC2C(CC1O)C1(CC2(C)C)CC(C)(C)C2CC(C)C(O)CC21. The summed E-state index contributed by atoms with van der Waals surface area (Å²) in [7, 11) is 0. The summed E-state index contributed by atoms with van der Waals surface area (Å²) < 4.78 is 0. The second-order valence-electron chi connectivity index (χ2n) is 12.0. The third-order valence-corrected chi connectivity index (χ3v) is 9.58. The van der Waals surface area contributed by atoms with E-state index in [4.69, 9.17) is 0 Å². The van der Waals surface area contributed by atoms with E-state index in [0.717, 1.165) is 24.7 Å². The molecule has 0 aromatic rings. The number of rotatable bonds is 0. The van der Waals surface area contributed by atoms with Crippen LogP contribution in [0.25, 0.3) is 0 Å². The molecule has 8 atom stereocenters. The molecule has 2 N–H and O–H groups in total. The molecule has 144 valence electrons. The van der Waals surface area contributed by atoms with Crippen LogP contribution in [0, 0.1) is 51.8 Å². The molecule has 4 aliphatic carbocycles. The van der Waals surface area contributed by atoms with Gasteiger partial charge in [-0.15, -0.1) is 0 Å². The maximum absolute atomic E-state index is 10.7. The molecule has 0 aliphatic heterocycles. The fourth-order valence-electron chi connectivity index (χ4n) is 8.58. The molecule has 2 heteroatoms. The Labute approximate surface area is 154 Å². The van der Waals surface area contributed by atoms with E-state index in [2.05, 4.69) is 41.5 Å². The topological polar surface area (TPSA) is 40.5 Å². The van der Waals surface area contributed by atoms with Gasteiger partial charge in [-0.2, -0.15) is 0 Å². The van der Waals surface area contributed by atoms with Crippen molar-refractivity contribution in [1.82, 2.24) is 0 Å². The van der Waals surface area contributed by atoms with Gasteiger partial charge in [0.15, 0.2) is 0 Å². The molecule has 25 heavy (non-hydrogen) atoms. The zero-order valence-corrected chi connectivity index (χ0v) is 17.3. The van der Waals surface area contributed by atoms with Crippen molar-refractivity contribution in [3.05, 3.63) is 0 Å². The monoisotopic (exact) mass is 348 g/mol. The maximum Gasteiger partial charge on any atom is 0.0568 e. The Morgan fingerprint density at radius 2 is 0.960 bits per heavy atom. The largest absolute Gasteiger partial charge is 0.393 e. The third kappa shape index (κ3) is 2.49. The highest BCUT2D eigenvalue weighted by Gasteiger charge is 2.68. The van der Waals surface area contributed by atoms with Crippen LogP contribution in [0.4, 0.5) is 0 Å². The molecular formula is C23H40O2. The summed E-state index contributed by atoms with van der Waals surface area (Å²) in [5.41, 5.74) is 1.10. The number of fused-ring (bicyclic) bond motifs is 4. The summed E-state index contributed by atoms with van der Waals surface area (Å²) in [6.07, 6.45) is 6.75. The van der Waals surface area contributed by atoms with Crippen molar-refractivity contribution in [2.24, 2.45) is 51.8 Å². The van der Waals surface area contributed by atoms with Gasteiger partial charge in [0, 0.05) is 0 Å². The minimum absolute atomic E-state index is 0.123. The van der Waals surface area contributed by atoms with Gasteiger partial charge in [0.05, 0.1) is 12.2 Å². The molecule has 4 aliphatic rings. The first-order valence-electron chi connectivity index (χ1n) is 10.8. The van der Waals surface area contributed by atoms with Gasteiger partial charge < -0.3 is 10.2 Å². The standard InChI is InChI=1S/C23H40O2/c1-13-7-15-17(9-19(13)24)23(11-21(15,3)4)12-22(5,6)16-8-14(2)20(25)10-18(16)23/h13-20,24-25H,7-12H2,1-6H3. The van der Waals surface area contributed by atoms with E-state index in [-0.39, 0.29) is 12.2 Å². The smallest absolute Gasteiger partial charge is 0.0568 e. The fourth-order valence-corrected chi connectivity index (χ4v) is 8.58. The van der Waals surface area contributed by atoms with Gasteiger partial charge in [0.1, 0.15) is 0 Å². The van der Waals surface area contributed by atoms with Crippen LogP contribution in [-0.4, -0.2) is 22.4 Å². The summed E-state index contributed by atoms with van der Waals surface area (Å²) in [6, 6.07) is 0. The lowest BCUT2D eigenvalue weighted by atomic mass is 9.58. The van der Waals surface area contributed by atoms with Gasteiger partial charge in [0.2, 0.25) is 0 Å². The molecule has 0 aromatic heterocycles. The molecule has 4 rings (SSSR count). The fraction of sp³-hybridized carbons (Fsp3) is 1.00. The predicted octanol–water partition coefficient (Wildman–Crippen LogP) is 4.88. The lowest BCUT2D eigenvalue weighted by molar-refractivity contribution is -0.0528. The molecule has 0 bridgehead atoms. The first-order chi connectivity index (χ1) is 11.5. The van der Waals surface area contributed by atoms with Crippen molar-refractivity contribution in [1.29, 1.82) is 0 Å². The highest BCUT2D eigenvalue weighted by Crippen LogP contribution is 2.75. The second kappa shape index (κ2) is 5.47. The van der Waals surface area contributed by atoms with Crippen LogP contribution in [0.15, 0.2) is 0 Å². The molecule has 0 aromatic carbocycles. The predicted molar refractivity (Wildman–Crippen MR) is 102 cm³/mol. The maximum atomic E-state index is 10.7. The van der Waals surface area contributed by atoms with Crippen LogP contribution >= 0.6 is 0 Å². The molecular weight excluding hydrogens is 308 g/mol. The molecule has 0 saturated heterocycles. The number of aliphatic hydroxyl groups is 2. The van der Waals surface area contributed by atoms with E-state index in [0.29, 0.717) is 39.9 Å². The first kappa shape index (κ1) is 18.3. The molecule has 4 fully saturated rings. The lowest BCUT2D eigenvalue weighted by Crippen LogP contribution is -2.44. The minimum atomic E-state index is -0.123. The van der Waals surface area contributed by atoms with Gasteiger partial charge in [-0.3, -0.25) is 0 Å². The quantitative estimate of drug-likeness (QED) is 0.655. The highest BCUT2D eigenvalue weighted by molar-refractivity contribution is 5.17. The van der Waals surface area contributed by atoms with E-state index < -0.39 is 0 Å². The Hall–Kier alpha value is -0.0800. The summed E-state index contributed by atoms with van der Waals surface area (Å²) in [5, 5.41) is 21.4. The summed E-state index contributed by atoms with van der Waals surface area (Å²) in [6.45, 7) is 14.5. The van der Waals surface area contributed by atoms with Gasteiger partial charge >= 0.3 is 0 Å². The van der Waals surface area contributed by atoms with Gasteiger partial charge in [-0.25, -0.2) is 0 Å². The van der Waals surface area contributed by atoms with Crippen molar-refractivity contribution in [2.75, 3.05) is 0 Å². The zero-order chi connectivity index (χ0) is 18.4. The second-order valence-corrected chi connectivity index (χ2v) is 12.0. The summed E-state index contributed by atoms with van der Waals surface area (Å²) in [5.74, 6) is 3.69. The van der Waals surface area contributed by atoms with Gasteiger partial charge in [-0.1, -0.05) is 41.5 Å². The molecule has 2 nitrogen and oxygen atoms in total.